The van der Waals surface area contributed by atoms with Crippen molar-refractivity contribution in [1.29, 1.82) is 0 Å². The summed E-state index contributed by atoms with van der Waals surface area (Å²) in [7, 11) is -3.31. The van der Waals surface area contributed by atoms with Crippen LogP contribution in [0.25, 0.3) is 0 Å². The smallest absolute Gasteiger partial charge is 0.321 e. The lowest BCUT2D eigenvalue weighted by Gasteiger charge is -2.32. The van der Waals surface area contributed by atoms with Crippen LogP contribution in [-0.4, -0.2) is 51.4 Å². The molecule has 1 N–H and O–H groups in total. The van der Waals surface area contributed by atoms with E-state index in [1.807, 2.05) is 6.92 Å². The summed E-state index contributed by atoms with van der Waals surface area (Å²) < 4.78 is 29.1. The monoisotopic (exact) mass is 354 g/mol. The molecule has 1 aromatic carbocycles. The van der Waals surface area contributed by atoms with E-state index in [-0.39, 0.29) is 17.0 Å². The zero-order chi connectivity index (χ0) is 17.7. The van der Waals surface area contributed by atoms with Crippen LogP contribution in [0.3, 0.4) is 0 Å². The van der Waals surface area contributed by atoms with Crippen LogP contribution in [0.15, 0.2) is 23.1 Å². The molecule has 1 unspecified atom stereocenters. The minimum absolute atomic E-state index is 0.0768. The molecule has 6 nitrogen and oxygen atoms in total. The van der Waals surface area contributed by atoms with Crippen molar-refractivity contribution >= 4 is 21.6 Å². The Morgan fingerprint density at radius 3 is 2.83 bits per heavy atom. The Morgan fingerprint density at radius 2 is 2.17 bits per heavy atom. The summed E-state index contributed by atoms with van der Waals surface area (Å²) in [5.74, 6) is 0. The molecule has 1 saturated heterocycles. The standard InChI is InChI=1S/C17H26N2O4S/c1-4-10-23-14-6-5-9-19(12-14)17(20)18-16-11-15(24(3,21)22)8-7-13(16)2/h7-8,11,14H,4-6,9-10,12H2,1-3H3,(H,18,20). The molecule has 0 bridgehead atoms. The molecule has 1 aromatic rings. The van der Waals surface area contributed by atoms with Gasteiger partial charge in [0.15, 0.2) is 9.84 Å². The molecule has 0 aliphatic carbocycles. The average Bonchev–Trinajstić information content (AvgIpc) is 2.54. The zero-order valence-electron chi connectivity index (χ0n) is 14.5. The number of urea groups is 1. The van der Waals surface area contributed by atoms with Crippen LogP contribution in [0, 0.1) is 6.92 Å². The molecular weight excluding hydrogens is 328 g/mol. The molecule has 134 valence electrons. The molecule has 0 radical (unpaired) electrons. The molecule has 2 rings (SSSR count). The first-order valence-corrected chi connectivity index (χ1v) is 10.2. The van der Waals surface area contributed by atoms with Crippen molar-refractivity contribution in [2.24, 2.45) is 0 Å². The molecule has 1 fully saturated rings. The van der Waals surface area contributed by atoms with Gasteiger partial charge in [-0.05, 0) is 43.9 Å². The lowest BCUT2D eigenvalue weighted by Crippen LogP contribution is -2.45. The van der Waals surface area contributed by atoms with E-state index in [0.29, 0.717) is 25.4 Å². The number of carbonyl (C=O) groups is 1. The van der Waals surface area contributed by atoms with Gasteiger partial charge in [0.2, 0.25) is 0 Å². The normalized spacial score (nSPS) is 18.5. The van der Waals surface area contributed by atoms with Crippen LogP contribution in [0.1, 0.15) is 31.7 Å². The summed E-state index contributed by atoms with van der Waals surface area (Å²) in [5, 5.41) is 2.84. The first-order chi connectivity index (χ1) is 11.3. The van der Waals surface area contributed by atoms with Crippen molar-refractivity contribution in [3.63, 3.8) is 0 Å². The lowest BCUT2D eigenvalue weighted by molar-refractivity contribution is 0.0115. The van der Waals surface area contributed by atoms with Crippen LogP contribution in [-0.2, 0) is 14.6 Å². The fourth-order valence-corrected chi connectivity index (χ4v) is 3.35. The number of piperidine rings is 1. The van der Waals surface area contributed by atoms with E-state index >= 15 is 0 Å². The topological polar surface area (TPSA) is 75.7 Å². The van der Waals surface area contributed by atoms with E-state index in [2.05, 4.69) is 12.2 Å². The molecule has 1 atom stereocenters. The van der Waals surface area contributed by atoms with Crippen LogP contribution in [0.2, 0.25) is 0 Å². The average molecular weight is 354 g/mol. The lowest BCUT2D eigenvalue weighted by atomic mass is 10.1. The number of carbonyl (C=O) groups excluding carboxylic acids is 1. The maximum absolute atomic E-state index is 12.5. The van der Waals surface area contributed by atoms with Gasteiger partial charge in [0.1, 0.15) is 0 Å². The number of sulfone groups is 1. The highest BCUT2D eigenvalue weighted by molar-refractivity contribution is 7.90. The molecule has 7 heteroatoms. The van der Waals surface area contributed by atoms with Crippen LogP contribution in [0.5, 0.6) is 0 Å². The third-order valence-corrected chi connectivity index (χ3v) is 5.21. The van der Waals surface area contributed by atoms with Gasteiger partial charge in [-0.25, -0.2) is 13.2 Å². The number of hydrogen-bond acceptors (Lipinski definition) is 4. The number of nitrogens with one attached hydrogen (secondary N) is 1. The van der Waals surface area contributed by atoms with Crippen molar-refractivity contribution in [2.45, 2.75) is 44.1 Å². The van der Waals surface area contributed by atoms with E-state index in [1.54, 1.807) is 17.0 Å². The van der Waals surface area contributed by atoms with E-state index < -0.39 is 9.84 Å². The summed E-state index contributed by atoms with van der Waals surface area (Å²) in [4.78, 5) is 14.4. The number of ether oxygens (including phenoxy) is 1. The SMILES string of the molecule is CCCOC1CCCN(C(=O)Nc2cc(S(C)(=O)=O)ccc2C)C1. The van der Waals surface area contributed by atoms with Gasteiger partial charge in [0.25, 0.3) is 0 Å². The number of aryl methyl sites for hydroxylation is 1. The zero-order valence-corrected chi connectivity index (χ0v) is 15.4. The third kappa shape index (κ3) is 4.95. The largest absolute Gasteiger partial charge is 0.376 e. The second kappa shape index (κ2) is 7.98. The number of anilines is 1. The van der Waals surface area contributed by atoms with Crippen molar-refractivity contribution < 1.29 is 17.9 Å². The molecule has 0 saturated carbocycles. The molecule has 24 heavy (non-hydrogen) atoms. The molecule has 1 aliphatic rings. The van der Waals surface area contributed by atoms with Crippen molar-refractivity contribution in [3.8, 4) is 0 Å². The quantitative estimate of drug-likeness (QED) is 0.882. The van der Waals surface area contributed by atoms with Crippen molar-refractivity contribution in [1.82, 2.24) is 4.90 Å². The maximum Gasteiger partial charge on any atom is 0.321 e. The number of nitrogens with zero attached hydrogens (tertiary/aromatic N) is 1. The number of amides is 2. The van der Waals surface area contributed by atoms with Crippen molar-refractivity contribution in [2.75, 3.05) is 31.3 Å². The second-order valence-corrected chi connectivity index (χ2v) is 8.28. The highest BCUT2D eigenvalue weighted by atomic mass is 32.2. The van der Waals surface area contributed by atoms with Gasteiger partial charge in [0, 0.05) is 31.6 Å². The van der Waals surface area contributed by atoms with Gasteiger partial charge >= 0.3 is 6.03 Å². The summed E-state index contributed by atoms with van der Waals surface area (Å²) in [6.07, 6.45) is 4.06. The summed E-state index contributed by atoms with van der Waals surface area (Å²) in [6, 6.07) is 4.55. The first-order valence-electron chi connectivity index (χ1n) is 8.29. The van der Waals surface area contributed by atoms with Crippen LogP contribution < -0.4 is 5.32 Å². The number of rotatable bonds is 5. The predicted octanol–water partition coefficient (Wildman–Crippen LogP) is 2.82. The number of benzene rings is 1. The maximum atomic E-state index is 12.5. The Hall–Kier alpha value is -1.60. The molecular formula is C17H26N2O4S. The highest BCUT2D eigenvalue weighted by Crippen LogP contribution is 2.21. The first kappa shape index (κ1) is 18.7. The summed E-state index contributed by atoms with van der Waals surface area (Å²) in [5.41, 5.74) is 1.35. The van der Waals surface area contributed by atoms with Crippen LogP contribution in [0.4, 0.5) is 10.5 Å². The van der Waals surface area contributed by atoms with E-state index in [0.717, 1.165) is 31.1 Å². The van der Waals surface area contributed by atoms with Gasteiger partial charge in [-0.3, -0.25) is 0 Å². The molecule has 1 heterocycles. The Morgan fingerprint density at radius 1 is 1.42 bits per heavy atom. The van der Waals surface area contributed by atoms with Gasteiger partial charge < -0.3 is 15.0 Å². The molecule has 0 spiro atoms. The summed E-state index contributed by atoms with van der Waals surface area (Å²) in [6.45, 7) is 5.85. The minimum atomic E-state index is -3.31. The number of hydrogen-bond donors (Lipinski definition) is 1. The molecule has 0 aromatic heterocycles. The number of likely N-dealkylation sites (tertiary alicyclic amines) is 1. The van der Waals surface area contributed by atoms with E-state index in [4.69, 9.17) is 4.74 Å². The van der Waals surface area contributed by atoms with Gasteiger partial charge in [-0.2, -0.15) is 0 Å². The Kier molecular flexibility index (Phi) is 6.23. The third-order valence-electron chi connectivity index (χ3n) is 4.10. The predicted molar refractivity (Wildman–Crippen MR) is 94.1 cm³/mol. The fourth-order valence-electron chi connectivity index (χ4n) is 2.70. The van der Waals surface area contributed by atoms with E-state index in [1.165, 1.54) is 6.07 Å². The Bertz CT molecular complexity index is 688. The molecule has 2 amide bonds. The Labute approximate surface area is 144 Å². The molecule has 1 aliphatic heterocycles. The Balaban J connectivity index is 2.06. The second-order valence-electron chi connectivity index (χ2n) is 6.26. The van der Waals surface area contributed by atoms with Crippen LogP contribution >= 0.6 is 0 Å². The highest BCUT2D eigenvalue weighted by Gasteiger charge is 2.24. The van der Waals surface area contributed by atoms with E-state index in [9.17, 15) is 13.2 Å². The summed E-state index contributed by atoms with van der Waals surface area (Å²) >= 11 is 0. The fraction of sp³-hybridized carbons (Fsp3) is 0.588. The minimum Gasteiger partial charge on any atom is -0.376 e. The van der Waals surface area contributed by atoms with Gasteiger partial charge in [-0.15, -0.1) is 0 Å². The van der Waals surface area contributed by atoms with Crippen molar-refractivity contribution in [3.05, 3.63) is 23.8 Å². The van der Waals surface area contributed by atoms with Gasteiger partial charge in [0.05, 0.1) is 11.0 Å². The van der Waals surface area contributed by atoms with Gasteiger partial charge in [-0.1, -0.05) is 13.0 Å².